The summed E-state index contributed by atoms with van der Waals surface area (Å²) in [5.41, 5.74) is 0.666. The number of hydrogen-bond acceptors (Lipinski definition) is 4. The molecule has 0 radical (unpaired) electrons. The molecule has 1 heterocycles. The van der Waals surface area contributed by atoms with Crippen LogP contribution in [0.2, 0.25) is 0 Å². The first-order valence-corrected chi connectivity index (χ1v) is 7.31. The molecule has 2 fully saturated rings. The molecular formula is C16H20N2O2. The summed E-state index contributed by atoms with van der Waals surface area (Å²) in [6.07, 6.45) is 2.70. The van der Waals surface area contributed by atoms with Gasteiger partial charge in [-0.3, -0.25) is 4.90 Å². The fourth-order valence-corrected chi connectivity index (χ4v) is 2.76. The van der Waals surface area contributed by atoms with Crippen molar-refractivity contribution in [3.8, 4) is 11.8 Å². The van der Waals surface area contributed by atoms with E-state index < -0.39 is 0 Å². The molecule has 1 aromatic rings. The van der Waals surface area contributed by atoms with Crippen molar-refractivity contribution in [3.05, 3.63) is 29.8 Å². The third-order valence-electron chi connectivity index (χ3n) is 4.08. The summed E-state index contributed by atoms with van der Waals surface area (Å²) < 4.78 is 11.4. The lowest BCUT2D eigenvalue weighted by Gasteiger charge is -2.35. The lowest BCUT2D eigenvalue weighted by molar-refractivity contribution is -0.0201. The van der Waals surface area contributed by atoms with E-state index in [4.69, 9.17) is 14.7 Å². The smallest absolute Gasteiger partial charge is 0.119 e. The molecule has 1 aliphatic heterocycles. The van der Waals surface area contributed by atoms with Gasteiger partial charge in [0.05, 0.1) is 24.8 Å². The molecule has 0 unspecified atom stereocenters. The molecule has 1 saturated heterocycles. The Balaban J connectivity index is 1.47. The Bertz CT molecular complexity index is 476. The zero-order chi connectivity index (χ0) is 13.8. The fourth-order valence-electron chi connectivity index (χ4n) is 2.76. The van der Waals surface area contributed by atoms with Gasteiger partial charge in [-0.05, 0) is 43.0 Å². The van der Waals surface area contributed by atoms with Crippen molar-refractivity contribution in [1.82, 2.24) is 4.90 Å². The summed E-state index contributed by atoms with van der Waals surface area (Å²) in [5, 5.41) is 8.75. The highest BCUT2D eigenvalue weighted by Gasteiger charge is 2.36. The van der Waals surface area contributed by atoms with Crippen LogP contribution in [0, 0.1) is 17.2 Å². The first kappa shape index (κ1) is 13.4. The average Bonchev–Trinajstić information content (AvgIpc) is 3.33. The summed E-state index contributed by atoms with van der Waals surface area (Å²) >= 11 is 0. The second-order valence-electron chi connectivity index (χ2n) is 5.50. The minimum Gasteiger partial charge on any atom is -0.492 e. The largest absolute Gasteiger partial charge is 0.492 e. The molecular weight excluding hydrogens is 252 g/mol. The number of benzene rings is 1. The first-order valence-electron chi connectivity index (χ1n) is 7.31. The van der Waals surface area contributed by atoms with Crippen molar-refractivity contribution < 1.29 is 9.47 Å². The normalized spacial score (nSPS) is 23.2. The van der Waals surface area contributed by atoms with Crippen molar-refractivity contribution in [1.29, 1.82) is 5.26 Å². The van der Waals surface area contributed by atoms with Gasteiger partial charge in [-0.25, -0.2) is 0 Å². The molecule has 20 heavy (non-hydrogen) atoms. The van der Waals surface area contributed by atoms with E-state index in [1.165, 1.54) is 12.8 Å². The molecule has 4 heteroatoms. The molecule has 1 aliphatic carbocycles. The predicted octanol–water partition coefficient (Wildman–Crippen LogP) is 2.05. The van der Waals surface area contributed by atoms with Gasteiger partial charge in [0.1, 0.15) is 12.4 Å². The lowest BCUT2D eigenvalue weighted by Crippen LogP contribution is -2.48. The quantitative estimate of drug-likeness (QED) is 0.823. The van der Waals surface area contributed by atoms with E-state index in [1.807, 2.05) is 12.1 Å². The molecule has 0 aromatic heterocycles. The second-order valence-corrected chi connectivity index (χ2v) is 5.50. The molecule has 0 amide bonds. The minimum absolute atomic E-state index is 0.591. The van der Waals surface area contributed by atoms with Crippen LogP contribution in [0.3, 0.4) is 0 Å². The van der Waals surface area contributed by atoms with E-state index >= 15 is 0 Å². The zero-order valence-electron chi connectivity index (χ0n) is 11.6. The van der Waals surface area contributed by atoms with Gasteiger partial charge in [-0.15, -0.1) is 0 Å². The second kappa shape index (κ2) is 6.25. The molecule has 2 aliphatic rings. The number of nitriles is 1. The van der Waals surface area contributed by atoms with Gasteiger partial charge < -0.3 is 9.47 Å². The SMILES string of the molecule is N#Cc1ccc(OCCN2CCOC[C@@H]2C2CC2)cc1. The van der Waals surface area contributed by atoms with E-state index in [2.05, 4.69) is 11.0 Å². The molecule has 1 saturated carbocycles. The molecule has 1 atom stereocenters. The molecule has 0 N–H and O–H groups in total. The summed E-state index contributed by atoms with van der Waals surface area (Å²) in [5.74, 6) is 1.67. The Morgan fingerprint density at radius 1 is 1.30 bits per heavy atom. The van der Waals surface area contributed by atoms with Gasteiger partial charge in [0, 0.05) is 19.1 Å². The Kier molecular flexibility index (Phi) is 4.19. The van der Waals surface area contributed by atoms with Crippen molar-refractivity contribution in [2.45, 2.75) is 18.9 Å². The average molecular weight is 272 g/mol. The van der Waals surface area contributed by atoms with Crippen LogP contribution in [0.15, 0.2) is 24.3 Å². The van der Waals surface area contributed by atoms with Crippen molar-refractivity contribution >= 4 is 0 Å². The highest BCUT2D eigenvalue weighted by molar-refractivity contribution is 5.34. The molecule has 106 valence electrons. The predicted molar refractivity (Wildman–Crippen MR) is 75.6 cm³/mol. The molecule has 0 bridgehead atoms. The Hall–Kier alpha value is -1.57. The Morgan fingerprint density at radius 3 is 2.80 bits per heavy atom. The van der Waals surface area contributed by atoms with Crippen LogP contribution < -0.4 is 4.74 Å². The molecule has 4 nitrogen and oxygen atoms in total. The van der Waals surface area contributed by atoms with Crippen molar-refractivity contribution in [2.75, 3.05) is 32.9 Å². The number of hydrogen-bond donors (Lipinski definition) is 0. The standard InChI is InChI=1S/C16H20N2O2/c17-11-13-1-5-15(6-2-13)20-10-8-18-7-9-19-12-16(18)14-3-4-14/h1-2,5-6,14,16H,3-4,7-10,12H2/t16-/m1/s1. The van der Waals surface area contributed by atoms with Gasteiger partial charge >= 0.3 is 0 Å². The van der Waals surface area contributed by atoms with Gasteiger partial charge in [-0.2, -0.15) is 5.26 Å². The van der Waals surface area contributed by atoms with Crippen LogP contribution in [0.25, 0.3) is 0 Å². The monoisotopic (exact) mass is 272 g/mol. The van der Waals surface area contributed by atoms with Gasteiger partial charge in [0.25, 0.3) is 0 Å². The molecule has 3 rings (SSSR count). The van der Waals surface area contributed by atoms with E-state index in [0.717, 1.165) is 38.0 Å². The zero-order valence-corrected chi connectivity index (χ0v) is 11.6. The number of rotatable bonds is 5. The van der Waals surface area contributed by atoms with Crippen molar-refractivity contribution in [2.24, 2.45) is 5.92 Å². The lowest BCUT2D eigenvalue weighted by atomic mass is 10.1. The summed E-state index contributed by atoms with van der Waals surface area (Å²) in [6.45, 7) is 4.36. The van der Waals surface area contributed by atoms with E-state index in [0.29, 0.717) is 18.2 Å². The van der Waals surface area contributed by atoms with Crippen molar-refractivity contribution in [3.63, 3.8) is 0 Å². The van der Waals surface area contributed by atoms with Crippen LogP contribution >= 0.6 is 0 Å². The van der Waals surface area contributed by atoms with Crippen LogP contribution in [0.5, 0.6) is 5.75 Å². The third-order valence-corrected chi connectivity index (χ3v) is 4.08. The topological polar surface area (TPSA) is 45.5 Å². The summed E-state index contributed by atoms with van der Waals surface area (Å²) in [6, 6.07) is 9.99. The number of ether oxygens (including phenoxy) is 2. The number of morpholine rings is 1. The van der Waals surface area contributed by atoms with E-state index in [9.17, 15) is 0 Å². The Labute approximate surface area is 119 Å². The first-order chi connectivity index (χ1) is 9.86. The van der Waals surface area contributed by atoms with Crippen LogP contribution in [-0.2, 0) is 4.74 Å². The molecule has 0 spiro atoms. The highest BCUT2D eigenvalue weighted by Crippen LogP contribution is 2.36. The van der Waals surface area contributed by atoms with Crippen LogP contribution in [0.1, 0.15) is 18.4 Å². The summed E-state index contributed by atoms with van der Waals surface area (Å²) in [7, 11) is 0. The maximum atomic E-state index is 8.75. The van der Waals surface area contributed by atoms with E-state index in [-0.39, 0.29) is 0 Å². The van der Waals surface area contributed by atoms with Gasteiger partial charge in [-0.1, -0.05) is 0 Å². The molecule has 1 aromatic carbocycles. The van der Waals surface area contributed by atoms with E-state index in [1.54, 1.807) is 12.1 Å². The highest BCUT2D eigenvalue weighted by atomic mass is 16.5. The van der Waals surface area contributed by atoms with Gasteiger partial charge in [0.15, 0.2) is 0 Å². The van der Waals surface area contributed by atoms with Gasteiger partial charge in [0.2, 0.25) is 0 Å². The maximum absolute atomic E-state index is 8.75. The third kappa shape index (κ3) is 3.30. The Morgan fingerprint density at radius 2 is 2.10 bits per heavy atom. The van der Waals surface area contributed by atoms with Crippen LogP contribution in [0.4, 0.5) is 0 Å². The number of nitrogens with zero attached hydrogens (tertiary/aromatic N) is 2. The maximum Gasteiger partial charge on any atom is 0.119 e. The van der Waals surface area contributed by atoms with Crippen LogP contribution in [-0.4, -0.2) is 43.9 Å². The fraction of sp³-hybridized carbons (Fsp3) is 0.562. The minimum atomic E-state index is 0.591. The summed E-state index contributed by atoms with van der Waals surface area (Å²) in [4.78, 5) is 2.50.